The van der Waals surface area contributed by atoms with Gasteiger partial charge in [-0.05, 0) is 25.0 Å². The van der Waals surface area contributed by atoms with Crippen LogP contribution in [-0.4, -0.2) is 35.1 Å². The van der Waals surface area contributed by atoms with Gasteiger partial charge in [0, 0.05) is 24.2 Å². The molecule has 7 heteroatoms. The van der Waals surface area contributed by atoms with E-state index in [4.69, 9.17) is 18.0 Å². The lowest BCUT2D eigenvalue weighted by molar-refractivity contribution is -0.183. The number of thiocarbonyl (C=S) groups is 1. The molecular weight excluding hydrogens is 301 g/mol. The molecule has 1 fully saturated rings. The Kier molecular flexibility index (Phi) is 4.51. The van der Waals surface area contributed by atoms with E-state index in [1.54, 1.807) is 24.3 Å². The van der Waals surface area contributed by atoms with E-state index >= 15 is 0 Å². The van der Waals surface area contributed by atoms with Crippen molar-refractivity contribution in [2.75, 3.05) is 13.1 Å². The molecule has 0 saturated carbocycles. The average Bonchev–Trinajstić information content (AvgIpc) is 2.46. The fraction of sp³-hybridized carbons (Fsp3) is 0.429. The summed E-state index contributed by atoms with van der Waals surface area (Å²) in [5.74, 6) is -1.60. The Balaban J connectivity index is 2.05. The van der Waals surface area contributed by atoms with Crippen LogP contribution in [0.1, 0.15) is 28.8 Å². The molecule has 0 unspecified atom stereocenters. The predicted octanol–water partition coefficient (Wildman–Crippen LogP) is 2.74. The monoisotopic (exact) mass is 316 g/mol. The highest BCUT2D eigenvalue weighted by Gasteiger charge is 2.41. The molecule has 2 N–H and O–H groups in total. The highest BCUT2D eigenvalue weighted by molar-refractivity contribution is 7.80. The maximum absolute atomic E-state index is 12.6. The Morgan fingerprint density at radius 3 is 2.33 bits per heavy atom. The number of carbonyl (C=O) groups excluding carboxylic acids is 1. The van der Waals surface area contributed by atoms with Crippen molar-refractivity contribution in [3.05, 3.63) is 35.4 Å². The SMILES string of the molecule is NC(=S)c1cccc(C(=O)N2CCC(C(F)(F)F)CC2)c1. The van der Waals surface area contributed by atoms with Crippen molar-refractivity contribution in [1.29, 1.82) is 0 Å². The third kappa shape index (κ3) is 3.72. The van der Waals surface area contributed by atoms with Crippen LogP contribution in [0.2, 0.25) is 0 Å². The second-order valence-corrected chi connectivity index (χ2v) is 5.49. The third-order valence-electron chi connectivity index (χ3n) is 3.64. The van der Waals surface area contributed by atoms with E-state index in [1.807, 2.05) is 0 Å². The Labute approximate surface area is 125 Å². The molecule has 3 nitrogen and oxygen atoms in total. The first-order valence-corrected chi connectivity index (χ1v) is 6.95. The zero-order valence-electron chi connectivity index (χ0n) is 11.2. The first kappa shape index (κ1) is 15.8. The smallest absolute Gasteiger partial charge is 0.389 e. The lowest BCUT2D eigenvalue weighted by Crippen LogP contribution is -2.42. The van der Waals surface area contributed by atoms with Crippen LogP contribution in [0.4, 0.5) is 13.2 Å². The average molecular weight is 316 g/mol. The van der Waals surface area contributed by atoms with Gasteiger partial charge in [0.1, 0.15) is 4.99 Å². The third-order valence-corrected chi connectivity index (χ3v) is 3.87. The Morgan fingerprint density at radius 1 is 1.24 bits per heavy atom. The fourth-order valence-corrected chi connectivity index (χ4v) is 2.52. The van der Waals surface area contributed by atoms with E-state index in [0.717, 1.165) is 0 Å². The molecule has 1 saturated heterocycles. The largest absolute Gasteiger partial charge is 0.391 e. The van der Waals surface area contributed by atoms with Crippen LogP contribution in [0.3, 0.4) is 0 Å². The maximum atomic E-state index is 12.6. The summed E-state index contributed by atoms with van der Waals surface area (Å²) >= 11 is 4.85. The molecule has 0 spiro atoms. The summed E-state index contributed by atoms with van der Waals surface area (Å²) in [6.45, 7) is 0.223. The molecule has 0 aromatic heterocycles. The zero-order valence-corrected chi connectivity index (χ0v) is 12.0. The maximum Gasteiger partial charge on any atom is 0.391 e. The van der Waals surface area contributed by atoms with Crippen LogP contribution >= 0.6 is 12.2 Å². The van der Waals surface area contributed by atoms with Crippen molar-refractivity contribution in [3.8, 4) is 0 Å². The van der Waals surface area contributed by atoms with Gasteiger partial charge >= 0.3 is 6.18 Å². The highest BCUT2D eigenvalue weighted by atomic mass is 32.1. The number of hydrogen-bond acceptors (Lipinski definition) is 2. The summed E-state index contributed by atoms with van der Waals surface area (Å²) in [4.78, 5) is 13.9. The van der Waals surface area contributed by atoms with Gasteiger partial charge in [-0.2, -0.15) is 13.2 Å². The summed E-state index contributed by atoms with van der Waals surface area (Å²) in [6.07, 6.45) is -4.28. The van der Waals surface area contributed by atoms with Crippen LogP contribution in [0.15, 0.2) is 24.3 Å². The fourth-order valence-electron chi connectivity index (χ4n) is 2.40. The molecule has 1 heterocycles. The van der Waals surface area contributed by atoms with Crippen molar-refractivity contribution < 1.29 is 18.0 Å². The summed E-state index contributed by atoms with van der Waals surface area (Å²) in [6, 6.07) is 6.53. The van der Waals surface area contributed by atoms with Crippen molar-refractivity contribution >= 4 is 23.1 Å². The van der Waals surface area contributed by atoms with E-state index in [2.05, 4.69) is 0 Å². The van der Waals surface area contributed by atoms with Gasteiger partial charge in [0.2, 0.25) is 0 Å². The predicted molar refractivity (Wildman–Crippen MR) is 77.0 cm³/mol. The summed E-state index contributed by atoms with van der Waals surface area (Å²) in [7, 11) is 0. The Hall–Kier alpha value is -1.63. The molecule has 0 atom stereocenters. The van der Waals surface area contributed by atoms with E-state index in [1.165, 1.54) is 4.90 Å². The second kappa shape index (κ2) is 6.01. The minimum absolute atomic E-state index is 0.0514. The number of rotatable bonds is 2. The van der Waals surface area contributed by atoms with Crippen molar-refractivity contribution in [2.45, 2.75) is 19.0 Å². The minimum Gasteiger partial charge on any atom is -0.389 e. The first-order valence-electron chi connectivity index (χ1n) is 6.55. The van der Waals surface area contributed by atoms with Gasteiger partial charge < -0.3 is 10.6 Å². The van der Waals surface area contributed by atoms with Crippen LogP contribution in [-0.2, 0) is 0 Å². The number of carbonyl (C=O) groups is 1. The number of likely N-dealkylation sites (tertiary alicyclic amines) is 1. The van der Waals surface area contributed by atoms with Crippen LogP contribution in [0, 0.1) is 5.92 Å². The molecular formula is C14H15F3N2OS. The van der Waals surface area contributed by atoms with Crippen molar-refractivity contribution in [3.63, 3.8) is 0 Å². The molecule has 21 heavy (non-hydrogen) atoms. The molecule has 114 valence electrons. The standard InChI is InChI=1S/C14H15F3N2OS/c15-14(16,17)11-4-6-19(7-5-11)13(20)10-3-1-2-9(8-10)12(18)21/h1-3,8,11H,4-7H2,(H2,18,21). The molecule has 1 aliphatic heterocycles. The van der Waals surface area contributed by atoms with E-state index in [-0.39, 0.29) is 36.8 Å². The Morgan fingerprint density at radius 2 is 1.81 bits per heavy atom. The molecule has 2 rings (SSSR count). The van der Waals surface area contributed by atoms with Gasteiger partial charge in [-0.15, -0.1) is 0 Å². The number of nitrogens with zero attached hydrogens (tertiary/aromatic N) is 1. The molecule has 1 aromatic rings. The number of piperidine rings is 1. The van der Waals surface area contributed by atoms with Gasteiger partial charge in [-0.25, -0.2) is 0 Å². The van der Waals surface area contributed by atoms with E-state index in [0.29, 0.717) is 11.1 Å². The normalized spacial score (nSPS) is 16.8. The van der Waals surface area contributed by atoms with Gasteiger partial charge in [0.25, 0.3) is 5.91 Å². The van der Waals surface area contributed by atoms with Gasteiger partial charge in [-0.3, -0.25) is 4.79 Å². The molecule has 1 aromatic carbocycles. The van der Waals surface area contributed by atoms with Crippen LogP contribution < -0.4 is 5.73 Å². The lowest BCUT2D eigenvalue weighted by Gasteiger charge is -2.33. The number of halogens is 3. The number of amides is 1. The van der Waals surface area contributed by atoms with E-state index < -0.39 is 12.1 Å². The Bertz CT molecular complexity index is 551. The summed E-state index contributed by atoms with van der Waals surface area (Å²) < 4.78 is 37.8. The topological polar surface area (TPSA) is 46.3 Å². The summed E-state index contributed by atoms with van der Waals surface area (Å²) in [5.41, 5.74) is 6.47. The van der Waals surface area contributed by atoms with Gasteiger partial charge in [0.05, 0.1) is 5.92 Å². The molecule has 0 bridgehead atoms. The zero-order chi connectivity index (χ0) is 15.6. The number of hydrogen-bond donors (Lipinski definition) is 1. The van der Waals surface area contributed by atoms with Crippen molar-refractivity contribution in [1.82, 2.24) is 4.90 Å². The quantitative estimate of drug-likeness (QED) is 0.854. The molecule has 1 aliphatic rings. The first-order chi connectivity index (χ1) is 9.79. The lowest BCUT2D eigenvalue weighted by atomic mass is 9.95. The van der Waals surface area contributed by atoms with Crippen LogP contribution in [0.25, 0.3) is 0 Å². The number of benzene rings is 1. The molecule has 0 radical (unpaired) electrons. The van der Waals surface area contributed by atoms with Gasteiger partial charge in [-0.1, -0.05) is 24.4 Å². The minimum atomic E-state index is -4.18. The van der Waals surface area contributed by atoms with Crippen LogP contribution in [0.5, 0.6) is 0 Å². The van der Waals surface area contributed by atoms with Gasteiger partial charge in [0.15, 0.2) is 0 Å². The van der Waals surface area contributed by atoms with E-state index in [9.17, 15) is 18.0 Å². The molecule has 0 aliphatic carbocycles. The summed E-state index contributed by atoms with van der Waals surface area (Å²) in [5, 5.41) is 0. The second-order valence-electron chi connectivity index (χ2n) is 5.05. The molecule has 1 amide bonds. The number of nitrogens with two attached hydrogens (primary N) is 1. The number of alkyl halides is 3. The van der Waals surface area contributed by atoms with Crippen molar-refractivity contribution in [2.24, 2.45) is 11.7 Å². The highest BCUT2D eigenvalue weighted by Crippen LogP contribution is 2.34.